The molecule has 0 aliphatic carbocycles. The molecule has 0 bridgehead atoms. The van der Waals surface area contributed by atoms with Gasteiger partial charge in [-0.3, -0.25) is 4.98 Å². The van der Waals surface area contributed by atoms with Crippen molar-refractivity contribution in [3.8, 4) is 28.1 Å². The monoisotopic (exact) mass is 349 g/mol. The Morgan fingerprint density at radius 2 is 1.96 bits per heavy atom. The van der Waals surface area contributed by atoms with Crippen LogP contribution in [0.2, 0.25) is 0 Å². The fraction of sp³-hybridized carbons (Fsp3) is 0.143. The summed E-state index contributed by atoms with van der Waals surface area (Å²) in [6.07, 6.45) is 2.89. The number of aryl methyl sites for hydroxylation is 1. The molecule has 0 amide bonds. The molecule has 2 aromatic carbocycles. The van der Waals surface area contributed by atoms with E-state index in [-0.39, 0.29) is 5.82 Å². The van der Waals surface area contributed by atoms with Gasteiger partial charge in [-0.2, -0.15) is 0 Å². The van der Waals surface area contributed by atoms with Crippen LogP contribution in [-0.2, 0) is 0 Å². The molecule has 0 aliphatic heterocycles. The Bertz CT molecular complexity index is 969. The molecular weight excluding hydrogens is 329 g/mol. The van der Waals surface area contributed by atoms with E-state index in [4.69, 9.17) is 15.9 Å². The highest BCUT2D eigenvalue weighted by molar-refractivity contribution is 5.90. The van der Waals surface area contributed by atoms with Gasteiger partial charge >= 0.3 is 0 Å². The van der Waals surface area contributed by atoms with Gasteiger partial charge in [-0.1, -0.05) is 6.07 Å². The van der Waals surface area contributed by atoms with Gasteiger partial charge in [0, 0.05) is 28.6 Å². The summed E-state index contributed by atoms with van der Waals surface area (Å²) in [6.45, 7) is 4.30. The van der Waals surface area contributed by atoms with Crippen LogP contribution in [0.25, 0.3) is 22.4 Å². The first kappa shape index (κ1) is 17.6. The van der Waals surface area contributed by atoms with Crippen LogP contribution in [0.5, 0.6) is 5.75 Å². The number of halogens is 1. The van der Waals surface area contributed by atoms with Crippen molar-refractivity contribution >= 4 is 11.9 Å². The second-order valence-electron chi connectivity index (χ2n) is 5.95. The molecule has 132 valence electrons. The summed E-state index contributed by atoms with van der Waals surface area (Å²) >= 11 is 0. The highest BCUT2D eigenvalue weighted by atomic mass is 19.1. The van der Waals surface area contributed by atoms with Crippen molar-refractivity contribution in [1.82, 2.24) is 4.98 Å². The van der Waals surface area contributed by atoms with Gasteiger partial charge in [0.25, 0.3) is 0 Å². The maximum absolute atomic E-state index is 13.5. The minimum absolute atomic E-state index is 0.280. The van der Waals surface area contributed by atoms with Crippen molar-refractivity contribution in [1.29, 1.82) is 5.41 Å². The SMILES string of the molecule is CCOc1cnc(-c2ccc(F)cc2C)c(-c2ccc(N)c(C=N)c2)c1. The fourth-order valence-electron chi connectivity index (χ4n) is 2.89. The molecule has 0 atom stereocenters. The van der Waals surface area contributed by atoms with Gasteiger partial charge in [0.15, 0.2) is 0 Å². The van der Waals surface area contributed by atoms with Gasteiger partial charge in [0.2, 0.25) is 0 Å². The van der Waals surface area contributed by atoms with Crippen LogP contribution in [-0.4, -0.2) is 17.8 Å². The maximum Gasteiger partial charge on any atom is 0.138 e. The summed E-state index contributed by atoms with van der Waals surface area (Å²) in [7, 11) is 0. The van der Waals surface area contributed by atoms with E-state index < -0.39 is 0 Å². The number of hydrogen-bond acceptors (Lipinski definition) is 4. The minimum atomic E-state index is -0.280. The number of benzene rings is 2. The van der Waals surface area contributed by atoms with Crippen LogP contribution < -0.4 is 10.5 Å². The first-order valence-electron chi connectivity index (χ1n) is 8.33. The molecule has 0 spiro atoms. The standard InChI is InChI=1S/C21H20FN3O/c1-3-26-17-10-19(14-4-7-20(24)15(9-14)11-23)21(25-12-17)18-6-5-16(22)8-13(18)2/h4-12,23H,3,24H2,1-2H3. The highest BCUT2D eigenvalue weighted by Crippen LogP contribution is 2.35. The fourth-order valence-corrected chi connectivity index (χ4v) is 2.89. The molecule has 1 heterocycles. The lowest BCUT2D eigenvalue weighted by molar-refractivity contribution is 0.339. The number of nitrogens with one attached hydrogen (secondary N) is 1. The average molecular weight is 349 g/mol. The molecule has 3 N–H and O–H groups in total. The van der Waals surface area contributed by atoms with Gasteiger partial charge in [-0.05, 0) is 61.4 Å². The van der Waals surface area contributed by atoms with Crippen LogP contribution in [0.4, 0.5) is 10.1 Å². The third-order valence-corrected chi connectivity index (χ3v) is 4.17. The van der Waals surface area contributed by atoms with Crippen LogP contribution >= 0.6 is 0 Å². The van der Waals surface area contributed by atoms with Crippen molar-refractivity contribution in [3.63, 3.8) is 0 Å². The second-order valence-corrected chi connectivity index (χ2v) is 5.95. The molecule has 26 heavy (non-hydrogen) atoms. The van der Waals surface area contributed by atoms with E-state index in [0.717, 1.165) is 27.9 Å². The Hall–Kier alpha value is -3.21. The van der Waals surface area contributed by atoms with Crippen molar-refractivity contribution < 1.29 is 9.13 Å². The molecule has 3 aromatic rings. The summed E-state index contributed by atoms with van der Waals surface area (Å²) < 4.78 is 19.1. The maximum atomic E-state index is 13.5. The van der Waals surface area contributed by atoms with Crippen LogP contribution in [0.15, 0.2) is 48.7 Å². The normalized spacial score (nSPS) is 10.6. The molecule has 4 nitrogen and oxygen atoms in total. The molecule has 0 radical (unpaired) electrons. The largest absolute Gasteiger partial charge is 0.492 e. The molecule has 0 aliphatic rings. The van der Waals surface area contributed by atoms with Gasteiger partial charge in [-0.15, -0.1) is 0 Å². The van der Waals surface area contributed by atoms with Crippen LogP contribution in [0.1, 0.15) is 18.1 Å². The Morgan fingerprint density at radius 1 is 1.15 bits per heavy atom. The summed E-state index contributed by atoms with van der Waals surface area (Å²) in [5.41, 5.74) is 11.2. The first-order valence-corrected chi connectivity index (χ1v) is 8.33. The summed E-state index contributed by atoms with van der Waals surface area (Å²) in [4.78, 5) is 4.58. The zero-order valence-electron chi connectivity index (χ0n) is 14.7. The number of hydrogen-bond donors (Lipinski definition) is 2. The number of nitrogens with zero attached hydrogens (tertiary/aromatic N) is 1. The van der Waals surface area contributed by atoms with E-state index in [1.54, 1.807) is 18.3 Å². The predicted octanol–water partition coefficient (Wildman–Crippen LogP) is 4.84. The predicted molar refractivity (Wildman–Crippen MR) is 103 cm³/mol. The van der Waals surface area contributed by atoms with E-state index in [1.165, 1.54) is 18.3 Å². The van der Waals surface area contributed by atoms with Gasteiger partial charge in [0.05, 0.1) is 18.5 Å². The van der Waals surface area contributed by atoms with Crippen molar-refractivity contribution in [3.05, 3.63) is 65.6 Å². The number of anilines is 1. The number of nitrogens with two attached hydrogens (primary N) is 1. The number of nitrogen functional groups attached to an aromatic ring is 1. The zero-order chi connectivity index (χ0) is 18.7. The first-order chi connectivity index (χ1) is 12.5. The molecule has 0 fully saturated rings. The van der Waals surface area contributed by atoms with E-state index in [0.29, 0.717) is 23.6 Å². The lowest BCUT2D eigenvalue weighted by Crippen LogP contribution is -1.98. The molecule has 0 saturated heterocycles. The number of aromatic nitrogens is 1. The molecule has 0 saturated carbocycles. The molecular formula is C21H20FN3O. The zero-order valence-corrected chi connectivity index (χ0v) is 14.7. The van der Waals surface area contributed by atoms with Crippen molar-refractivity contribution in [2.24, 2.45) is 0 Å². The minimum Gasteiger partial charge on any atom is -0.492 e. The average Bonchev–Trinajstić information content (AvgIpc) is 2.63. The molecule has 1 aromatic heterocycles. The van der Waals surface area contributed by atoms with Gasteiger partial charge in [0.1, 0.15) is 11.6 Å². The second kappa shape index (κ2) is 7.35. The lowest BCUT2D eigenvalue weighted by atomic mass is 9.95. The smallest absolute Gasteiger partial charge is 0.138 e. The number of rotatable bonds is 5. The lowest BCUT2D eigenvalue weighted by Gasteiger charge is -2.14. The Morgan fingerprint density at radius 3 is 2.65 bits per heavy atom. The van der Waals surface area contributed by atoms with Gasteiger partial charge in [-0.25, -0.2) is 4.39 Å². The van der Waals surface area contributed by atoms with Crippen molar-refractivity contribution in [2.45, 2.75) is 13.8 Å². The number of pyridine rings is 1. The molecule has 0 unspecified atom stereocenters. The van der Waals surface area contributed by atoms with Gasteiger partial charge < -0.3 is 15.9 Å². The van der Waals surface area contributed by atoms with Crippen LogP contribution in [0, 0.1) is 18.2 Å². The summed E-state index contributed by atoms with van der Waals surface area (Å²) in [6, 6.07) is 12.1. The van der Waals surface area contributed by atoms with Crippen LogP contribution in [0.3, 0.4) is 0 Å². The molecule has 5 heteroatoms. The summed E-state index contributed by atoms with van der Waals surface area (Å²) in [5, 5.41) is 7.54. The van der Waals surface area contributed by atoms with E-state index in [1.807, 2.05) is 32.0 Å². The Kier molecular flexibility index (Phi) is 4.98. The third kappa shape index (κ3) is 3.42. The molecule has 3 rings (SSSR count). The van der Waals surface area contributed by atoms with Crippen molar-refractivity contribution in [2.75, 3.05) is 12.3 Å². The van der Waals surface area contributed by atoms with E-state index >= 15 is 0 Å². The van der Waals surface area contributed by atoms with E-state index in [2.05, 4.69) is 4.98 Å². The Balaban J connectivity index is 2.24. The quantitative estimate of drug-likeness (QED) is 0.511. The number of ether oxygens (including phenoxy) is 1. The third-order valence-electron chi connectivity index (χ3n) is 4.17. The Labute approximate surface area is 152 Å². The highest BCUT2D eigenvalue weighted by Gasteiger charge is 2.14. The summed E-state index contributed by atoms with van der Waals surface area (Å²) in [5.74, 6) is 0.372. The topological polar surface area (TPSA) is 72.0 Å². The van der Waals surface area contributed by atoms with E-state index in [9.17, 15) is 4.39 Å².